The minimum Gasteiger partial charge on any atom is -0.497 e. The zero-order valence-electron chi connectivity index (χ0n) is 10.2. The van der Waals surface area contributed by atoms with Crippen LogP contribution in [0.1, 0.15) is 18.0 Å². The average Bonchev–Trinajstić information content (AvgIpc) is 2.90. The van der Waals surface area contributed by atoms with Crippen LogP contribution in [0.25, 0.3) is 0 Å². The van der Waals surface area contributed by atoms with Gasteiger partial charge in [-0.3, -0.25) is 0 Å². The quantitative estimate of drug-likeness (QED) is 0.840. The number of carbonyl (C=O) groups is 1. The van der Waals surface area contributed by atoms with Crippen molar-refractivity contribution < 1.29 is 14.3 Å². The van der Waals surface area contributed by atoms with E-state index in [2.05, 4.69) is 10.6 Å². The van der Waals surface area contributed by atoms with Crippen LogP contribution in [0.2, 0.25) is 0 Å². The van der Waals surface area contributed by atoms with E-state index < -0.39 is 0 Å². The van der Waals surface area contributed by atoms with Crippen LogP contribution < -0.4 is 15.4 Å². The highest BCUT2D eigenvalue weighted by atomic mass is 16.5. The largest absolute Gasteiger partial charge is 0.497 e. The number of anilines is 1. The first-order valence-corrected chi connectivity index (χ1v) is 6.11. The Morgan fingerprint density at radius 1 is 1.44 bits per heavy atom. The molecule has 2 N–H and O–H groups in total. The molecule has 0 saturated carbocycles. The van der Waals surface area contributed by atoms with E-state index in [1.807, 2.05) is 18.2 Å². The van der Waals surface area contributed by atoms with Gasteiger partial charge in [-0.2, -0.15) is 0 Å². The summed E-state index contributed by atoms with van der Waals surface area (Å²) in [4.78, 5) is 11.7. The molecule has 2 amide bonds. The fraction of sp³-hybridized carbons (Fsp3) is 0.462. The van der Waals surface area contributed by atoms with Gasteiger partial charge in [0.25, 0.3) is 0 Å². The van der Waals surface area contributed by atoms with Crippen LogP contribution >= 0.6 is 0 Å². The summed E-state index contributed by atoms with van der Waals surface area (Å²) in [5.41, 5.74) is 1.93. The Hall–Kier alpha value is -1.75. The van der Waals surface area contributed by atoms with Crippen molar-refractivity contribution in [2.24, 2.45) is 5.92 Å². The van der Waals surface area contributed by atoms with Crippen LogP contribution in [0.15, 0.2) is 18.2 Å². The van der Waals surface area contributed by atoms with E-state index in [0.29, 0.717) is 12.5 Å². The Balaban J connectivity index is 1.96. The molecule has 1 aromatic rings. The first-order valence-electron chi connectivity index (χ1n) is 6.11. The summed E-state index contributed by atoms with van der Waals surface area (Å²) in [5.74, 6) is 1.10. The van der Waals surface area contributed by atoms with Gasteiger partial charge in [-0.25, -0.2) is 4.79 Å². The van der Waals surface area contributed by atoms with E-state index in [4.69, 9.17) is 9.47 Å². The molecule has 1 saturated heterocycles. The number of ether oxygens (including phenoxy) is 2. The number of hydrogen-bond acceptors (Lipinski definition) is 3. The third-order valence-electron chi connectivity index (χ3n) is 3.57. The van der Waals surface area contributed by atoms with Gasteiger partial charge in [-0.15, -0.1) is 0 Å². The summed E-state index contributed by atoms with van der Waals surface area (Å²) in [6.45, 7) is 1.48. The zero-order valence-corrected chi connectivity index (χ0v) is 10.2. The van der Waals surface area contributed by atoms with Gasteiger partial charge >= 0.3 is 6.03 Å². The minimum atomic E-state index is -0.160. The Bertz CT molecular complexity index is 469. The highest BCUT2D eigenvalue weighted by Gasteiger charge is 2.33. The van der Waals surface area contributed by atoms with Crippen LogP contribution in [0.3, 0.4) is 0 Å². The number of methoxy groups -OCH3 is 1. The van der Waals surface area contributed by atoms with Gasteiger partial charge < -0.3 is 20.1 Å². The summed E-state index contributed by atoms with van der Waals surface area (Å²) >= 11 is 0. The highest BCUT2D eigenvalue weighted by molar-refractivity contribution is 5.93. The normalized spacial score (nSPS) is 26.2. The van der Waals surface area contributed by atoms with Gasteiger partial charge in [-0.05, 0) is 18.1 Å². The molecule has 2 aliphatic heterocycles. The lowest BCUT2D eigenvalue weighted by atomic mass is 9.90. The molecular weight excluding hydrogens is 232 g/mol. The number of hydrogen-bond donors (Lipinski definition) is 2. The molecule has 0 aliphatic carbocycles. The van der Waals surface area contributed by atoms with Gasteiger partial charge in [0.05, 0.1) is 25.4 Å². The molecule has 3 rings (SSSR count). The smallest absolute Gasteiger partial charge is 0.319 e. The molecule has 2 aliphatic rings. The molecule has 1 fully saturated rings. The van der Waals surface area contributed by atoms with Crippen LogP contribution in [0, 0.1) is 5.92 Å². The van der Waals surface area contributed by atoms with E-state index in [9.17, 15) is 4.79 Å². The number of rotatable bonds is 2. The molecule has 18 heavy (non-hydrogen) atoms. The summed E-state index contributed by atoms with van der Waals surface area (Å²) in [6, 6.07) is 5.65. The molecule has 2 unspecified atom stereocenters. The second-order valence-corrected chi connectivity index (χ2v) is 4.65. The summed E-state index contributed by atoms with van der Waals surface area (Å²) in [7, 11) is 1.62. The van der Waals surface area contributed by atoms with Crippen molar-refractivity contribution in [3.05, 3.63) is 23.8 Å². The Morgan fingerprint density at radius 2 is 2.33 bits per heavy atom. The molecule has 5 heteroatoms. The molecular formula is C13H16N2O3. The predicted octanol–water partition coefficient (Wildman–Crippen LogP) is 1.91. The second-order valence-electron chi connectivity index (χ2n) is 4.65. The lowest BCUT2D eigenvalue weighted by Crippen LogP contribution is -2.41. The monoisotopic (exact) mass is 248 g/mol. The molecule has 1 aromatic carbocycles. The molecule has 5 nitrogen and oxygen atoms in total. The van der Waals surface area contributed by atoms with Crippen LogP contribution in [-0.2, 0) is 4.74 Å². The number of benzene rings is 1. The fourth-order valence-corrected chi connectivity index (χ4v) is 2.61. The molecule has 0 bridgehead atoms. The molecule has 0 radical (unpaired) electrons. The molecule has 0 aromatic heterocycles. The molecule has 0 spiro atoms. The number of fused-ring (bicyclic) bond motifs is 1. The van der Waals surface area contributed by atoms with E-state index in [1.54, 1.807) is 7.11 Å². The maximum absolute atomic E-state index is 11.7. The Morgan fingerprint density at radius 3 is 3.06 bits per heavy atom. The molecule has 96 valence electrons. The van der Waals surface area contributed by atoms with Crippen molar-refractivity contribution in [2.75, 3.05) is 25.6 Å². The molecule has 2 heterocycles. The van der Waals surface area contributed by atoms with Gasteiger partial charge in [0, 0.05) is 18.6 Å². The maximum atomic E-state index is 11.7. The molecule has 2 atom stereocenters. The topological polar surface area (TPSA) is 59.6 Å². The SMILES string of the molecule is COc1ccc2c(c1)NC(=O)NC2C1CCOC1. The standard InChI is InChI=1S/C13H16N2O3/c1-17-9-2-3-10-11(6-9)14-13(16)15-12(10)8-4-5-18-7-8/h2-3,6,8,12H,4-5,7H2,1H3,(H2,14,15,16). The second kappa shape index (κ2) is 4.49. The van der Waals surface area contributed by atoms with Crippen molar-refractivity contribution in [3.63, 3.8) is 0 Å². The van der Waals surface area contributed by atoms with Gasteiger partial charge in [0.2, 0.25) is 0 Å². The average molecular weight is 248 g/mol. The zero-order chi connectivity index (χ0) is 12.5. The summed E-state index contributed by atoms with van der Waals surface area (Å²) in [6.07, 6.45) is 0.983. The highest BCUT2D eigenvalue weighted by Crippen LogP contribution is 2.37. The number of urea groups is 1. The summed E-state index contributed by atoms with van der Waals surface area (Å²) < 4.78 is 10.6. The van der Waals surface area contributed by atoms with Crippen molar-refractivity contribution in [2.45, 2.75) is 12.5 Å². The Kier molecular flexibility index (Phi) is 2.83. The summed E-state index contributed by atoms with van der Waals surface area (Å²) in [5, 5.41) is 5.80. The fourth-order valence-electron chi connectivity index (χ4n) is 2.61. The van der Waals surface area contributed by atoms with Crippen LogP contribution in [-0.4, -0.2) is 26.4 Å². The van der Waals surface area contributed by atoms with Crippen LogP contribution in [0.4, 0.5) is 10.5 Å². The van der Waals surface area contributed by atoms with Crippen LogP contribution in [0.5, 0.6) is 5.75 Å². The van der Waals surface area contributed by atoms with Crippen molar-refractivity contribution in [1.82, 2.24) is 5.32 Å². The third-order valence-corrected chi connectivity index (χ3v) is 3.57. The predicted molar refractivity (Wildman–Crippen MR) is 66.8 cm³/mol. The number of nitrogens with one attached hydrogen (secondary N) is 2. The van der Waals surface area contributed by atoms with Crippen molar-refractivity contribution in [3.8, 4) is 5.75 Å². The van der Waals surface area contributed by atoms with E-state index in [1.165, 1.54) is 0 Å². The van der Waals surface area contributed by atoms with Crippen molar-refractivity contribution >= 4 is 11.7 Å². The third kappa shape index (κ3) is 1.90. The minimum absolute atomic E-state index is 0.0298. The van der Waals surface area contributed by atoms with E-state index in [0.717, 1.165) is 30.0 Å². The Labute approximate surface area is 105 Å². The lowest BCUT2D eigenvalue weighted by Gasteiger charge is -2.31. The van der Waals surface area contributed by atoms with Crippen molar-refractivity contribution in [1.29, 1.82) is 0 Å². The van der Waals surface area contributed by atoms with Gasteiger partial charge in [0.1, 0.15) is 5.75 Å². The first kappa shape index (κ1) is 11.3. The van der Waals surface area contributed by atoms with Gasteiger partial charge in [0.15, 0.2) is 0 Å². The van der Waals surface area contributed by atoms with E-state index in [-0.39, 0.29) is 12.1 Å². The number of carbonyl (C=O) groups excluding carboxylic acids is 1. The van der Waals surface area contributed by atoms with Gasteiger partial charge in [-0.1, -0.05) is 6.07 Å². The lowest BCUT2D eigenvalue weighted by molar-refractivity contribution is 0.176. The number of amides is 2. The first-order chi connectivity index (χ1) is 8.78. The maximum Gasteiger partial charge on any atom is 0.319 e. The van der Waals surface area contributed by atoms with E-state index >= 15 is 0 Å².